The lowest BCUT2D eigenvalue weighted by atomic mass is 9.80. The molecule has 2 unspecified atom stereocenters. The Morgan fingerprint density at radius 2 is 2.09 bits per heavy atom. The zero-order chi connectivity index (χ0) is 16.0. The predicted octanol–water partition coefficient (Wildman–Crippen LogP) is 4.12. The molecule has 1 N–H and O–H groups in total. The average Bonchev–Trinajstić information content (AvgIpc) is 2.96. The first kappa shape index (κ1) is 14.3. The number of carbonyl (C=O) groups is 1. The Hall–Kier alpha value is -2.30. The molecule has 3 heterocycles. The van der Waals surface area contributed by atoms with Crippen molar-refractivity contribution >= 4 is 11.7 Å². The van der Waals surface area contributed by atoms with E-state index in [2.05, 4.69) is 10.3 Å². The number of oxazole rings is 1. The van der Waals surface area contributed by atoms with Gasteiger partial charge in [-0.15, -0.1) is 0 Å². The Kier molecular flexibility index (Phi) is 3.36. The van der Waals surface area contributed by atoms with Gasteiger partial charge in [0.15, 0.2) is 0 Å². The van der Waals surface area contributed by atoms with Gasteiger partial charge in [0, 0.05) is 23.3 Å². The molecule has 2 fully saturated rings. The summed E-state index contributed by atoms with van der Waals surface area (Å²) in [5.74, 6) is 0.594. The smallest absolute Gasteiger partial charge is 0.322 e. The van der Waals surface area contributed by atoms with Crippen LogP contribution in [0.2, 0.25) is 0 Å². The lowest BCUT2D eigenvalue weighted by molar-refractivity contribution is 0.0173. The molecule has 2 amide bonds. The van der Waals surface area contributed by atoms with Gasteiger partial charge in [0.1, 0.15) is 6.26 Å². The highest BCUT2D eigenvalue weighted by molar-refractivity contribution is 5.91. The Labute approximate surface area is 135 Å². The predicted molar refractivity (Wildman–Crippen MR) is 88.3 cm³/mol. The molecule has 5 nitrogen and oxygen atoms in total. The number of nitrogens with one attached hydrogen (secondary N) is 1. The van der Waals surface area contributed by atoms with E-state index in [4.69, 9.17) is 4.42 Å². The minimum atomic E-state index is 0.0179. The molecule has 1 aromatic carbocycles. The van der Waals surface area contributed by atoms with E-state index < -0.39 is 0 Å². The summed E-state index contributed by atoms with van der Waals surface area (Å²) < 4.78 is 5.50. The lowest BCUT2D eigenvalue weighted by Gasteiger charge is -2.52. The second kappa shape index (κ2) is 5.41. The quantitative estimate of drug-likeness (QED) is 0.907. The fourth-order valence-electron chi connectivity index (χ4n) is 3.73. The number of hydrogen-bond donors (Lipinski definition) is 1. The summed E-state index contributed by atoms with van der Waals surface area (Å²) >= 11 is 0. The van der Waals surface area contributed by atoms with Crippen molar-refractivity contribution < 1.29 is 9.21 Å². The highest BCUT2D eigenvalue weighted by Crippen LogP contribution is 2.38. The standard InChI is InChI=1S/C18H21N3O2/c1-11-6-7-13(8-16(11)17-19-12(2)10-23-17)20-18(22)21-14-4-3-5-15(21)9-14/h6-8,10,14-15H,3-5,9H2,1-2H3,(H,20,22). The van der Waals surface area contributed by atoms with Crippen molar-refractivity contribution in [2.24, 2.45) is 0 Å². The Balaban J connectivity index is 1.54. The van der Waals surface area contributed by atoms with Gasteiger partial charge in [0.2, 0.25) is 5.89 Å². The van der Waals surface area contributed by atoms with Crippen LogP contribution in [-0.2, 0) is 0 Å². The molecule has 2 aliphatic rings. The first-order valence-corrected chi connectivity index (χ1v) is 8.24. The number of aromatic nitrogens is 1. The fourth-order valence-corrected chi connectivity index (χ4v) is 3.73. The van der Waals surface area contributed by atoms with Gasteiger partial charge in [0.25, 0.3) is 0 Å². The van der Waals surface area contributed by atoms with Gasteiger partial charge < -0.3 is 14.6 Å². The molecule has 0 radical (unpaired) electrons. The molecular weight excluding hydrogens is 290 g/mol. The molecule has 2 aromatic rings. The van der Waals surface area contributed by atoms with Crippen molar-refractivity contribution in [2.75, 3.05) is 5.32 Å². The minimum Gasteiger partial charge on any atom is -0.444 e. The van der Waals surface area contributed by atoms with Gasteiger partial charge in [-0.1, -0.05) is 6.07 Å². The van der Waals surface area contributed by atoms with E-state index in [-0.39, 0.29) is 6.03 Å². The zero-order valence-electron chi connectivity index (χ0n) is 13.5. The number of rotatable bonds is 2. The molecular formula is C18H21N3O2. The maximum absolute atomic E-state index is 12.5. The lowest BCUT2D eigenvalue weighted by Crippen LogP contribution is -2.62. The molecule has 2 aliphatic heterocycles. The average molecular weight is 311 g/mol. The summed E-state index contributed by atoms with van der Waals surface area (Å²) in [6.07, 6.45) is 6.33. The van der Waals surface area contributed by atoms with Gasteiger partial charge in [-0.2, -0.15) is 0 Å². The zero-order valence-corrected chi connectivity index (χ0v) is 13.5. The van der Waals surface area contributed by atoms with E-state index in [1.54, 1.807) is 6.26 Å². The number of nitrogens with zero attached hydrogens (tertiary/aromatic N) is 2. The van der Waals surface area contributed by atoms with Crippen LogP contribution in [-0.4, -0.2) is 28.0 Å². The molecule has 1 aromatic heterocycles. The summed E-state index contributed by atoms with van der Waals surface area (Å²) in [5.41, 5.74) is 3.63. The van der Waals surface area contributed by atoms with E-state index in [1.165, 1.54) is 12.8 Å². The van der Waals surface area contributed by atoms with Gasteiger partial charge in [-0.25, -0.2) is 9.78 Å². The van der Waals surface area contributed by atoms with Crippen molar-refractivity contribution in [1.82, 2.24) is 9.88 Å². The summed E-state index contributed by atoms with van der Waals surface area (Å²) in [6.45, 7) is 3.91. The molecule has 2 bridgehead atoms. The van der Waals surface area contributed by atoms with E-state index in [0.29, 0.717) is 18.0 Å². The van der Waals surface area contributed by atoms with Crippen molar-refractivity contribution in [2.45, 2.75) is 51.6 Å². The monoisotopic (exact) mass is 311 g/mol. The SMILES string of the molecule is Cc1coc(-c2cc(NC(=O)N3C4CCCC3C4)ccc2C)n1. The number of fused-ring (bicyclic) bond motifs is 2. The van der Waals surface area contributed by atoms with E-state index in [1.807, 2.05) is 36.9 Å². The number of piperidine rings is 1. The van der Waals surface area contributed by atoms with Crippen LogP contribution < -0.4 is 5.32 Å². The molecule has 0 spiro atoms. The van der Waals surface area contributed by atoms with Crippen LogP contribution in [0, 0.1) is 13.8 Å². The molecule has 0 aliphatic carbocycles. The van der Waals surface area contributed by atoms with E-state index >= 15 is 0 Å². The Morgan fingerprint density at radius 1 is 1.30 bits per heavy atom. The number of carbonyl (C=O) groups excluding carboxylic acids is 1. The van der Waals surface area contributed by atoms with E-state index in [0.717, 1.165) is 35.3 Å². The van der Waals surface area contributed by atoms with Crippen LogP contribution >= 0.6 is 0 Å². The largest absolute Gasteiger partial charge is 0.444 e. The second-order valence-corrected chi connectivity index (χ2v) is 6.64. The van der Waals surface area contributed by atoms with Crippen LogP contribution in [0.4, 0.5) is 10.5 Å². The van der Waals surface area contributed by atoms with Crippen LogP contribution in [0.3, 0.4) is 0 Å². The van der Waals surface area contributed by atoms with Crippen molar-refractivity contribution in [3.05, 3.63) is 35.7 Å². The molecule has 4 rings (SSSR count). The number of anilines is 1. The van der Waals surface area contributed by atoms with Crippen LogP contribution in [0.25, 0.3) is 11.5 Å². The van der Waals surface area contributed by atoms with Crippen molar-refractivity contribution in [3.63, 3.8) is 0 Å². The third-order valence-electron chi connectivity index (χ3n) is 4.98. The number of hydrogen-bond acceptors (Lipinski definition) is 3. The summed E-state index contributed by atoms with van der Waals surface area (Å²) in [5, 5.41) is 3.03. The van der Waals surface area contributed by atoms with Crippen LogP contribution in [0.15, 0.2) is 28.9 Å². The number of amides is 2. The van der Waals surface area contributed by atoms with E-state index in [9.17, 15) is 4.79 Å². The first-order chi connectivity index (χ1) is 11.1. The van der Waals surface area contributed by atoms with Crippen LogP contribution in [0.5, 0.6) is 0 Å². The molecule has 0 saturated carbocycles. The summed E-state index contributed by atoms with van der Waals surface area (Å²) in [7, 11) is 0. The Morgan fingerprint density at radius 3 is 2.74 bits per heavy atom. The van der Waals surface area contributed by atoms with Crippen molar-refractivity contribution in [1.29, 1.82) is 0 Å². The molecule has 5 heteroatoms. The maximum Gasteiger partial charge on any atom is 0.322 e. The van der Waals surface area contributed by atoms with Crippen molar-refractivity contribution in [3.8, 4) is 11.5 Å². The molecule has 120 valence electrons. The van der Waals surface area contributed by atoms with Gasteiger partial charge in [-0.05, 0) is 57.2 Å². The maximum atomic E-state index is 12.5. The van der Waals surface area contributed by atoms with Gasteiger partial charge >= 0.3 is 6.03 Å². The molecule has 23 heavy (non-hydrogen) atoms. The first-order valence-electron chi connectivity index (χ1n) is 8.24. The topological polar surface area (TPSA) is 58.4 Å². The third-order valence-corrected chi connectivity index (χ3v) is 4.98. The highest BCUT2D eigenvalue weighted by Gasteiger charge is 2.44. The fraction of sp³-hybridized carbons (Fsp3) is 0.444. The highest BCUT2D eigenvalue weighted by atomic mass is 16.3. The van der Waals surface area contributed by atoms with Crippen LogP contribution in [0.1, 0.15) is 36.9 Å². The summed E-state index contributed by atoms with van der Waals surface area (Å²) in [6, 6.07) is 6.75. The molecule has 2 atom stereocenters. The number of benzene rings is 1. The third kappa shape index (κ3) is 2.50. The Bertz CT molecular complexity index is 738. The second-order valence-electron chi connectivity index (χ2n) is 6.64. The number of aryl methyl sites for hydroxylation is 2. The number of urea groups is 1. The minimum absolute atomic E-state index is 0.0179. The normalized spacial score (nSPS) is 22.6. The molecule has 2 saturated heterocycles. The summed E-state index contributed by atoms with van der Waals surface area (Å²) in [4.78, 5) is 18.9. The van der Waals surface area contributed by atoms with Gasteiger partial charge in [0.05, 0.1) is 5.69 Å². The van der Waals surface area contributed by atoms with Gasteiger partial charge in [-0.3, -0.25) is 0 Å².